The Kier molecular flexibility index (Phi) is 10.2. The molecule has 11 nitrogen and oxygen atoms in total. The maximum absolute atomic E-state index is 15.8. The minimum atomic E-state index is -1.45. The van der Waals surface area contributed by atoms with Crippen molar-refractivity contribution in [3.8, 4) is 0 Å². The van der Waals surface area contributed by atoms with E-state index in [2.05, 4.69) is 25.9 Å². The van der Waals surface area contributed by atoms with Crippen LogP contribution < -0.4 is 16.0 Å². The maximum Gasteiger partial charge on any atom is 0.270 e. The highest BCUT2D eigenvalue weighted by molar-refractivity contribution is 6.68. The van der Waals surface area contributed by atoms with Gasteiger partial charge in [0.25, 0.3) is 5.91 Å². The number of aromatic nitrogens is 2. The lowest BCUT2D eigenvalue weighted by Crippen LogP contribution is -2.55. The van der Waals surface area contributed by atoms with Gasteiger partial charge in [0.1, 0.15) is 38.1 Å². The molecule has 3 aromatic rings. The monoisotopic (exact) mass is 677 g/mol. The number of benzene rings is 2. The molecule has 3 N–H and O–H groups in total. The van der Waals surface area contributed by atoms with Crippen molar-refractivity contribution in [2.45, 2.75) is 62.8 Å². The van der Waals surface area contributed by atoms with Crippen LogP contribution >= 0.6 is 0 Å². The van der Waals surface area contributed by atoms with Gasteiger partial charge < -0.3 is 25.8 Å². The van der Waals surface area contributed by atoms with Crippen molar-refractivity contribution < 1.29 is 28.0 Å². The van der Waals surface area contributed by atoms with Crippen LogP contribution in [0.1, 0.15) is 61.6 Å². The molecule has 0 aliphatic carbocycles. The van der Waals surface area contributed by atoms with Crippen LogP contribution in [-0.2, 0) is 26.0 Å². The summed E-state index contributed by atoms with van der Waals surface area (Å²) in [4.78, 5) is 57.4. The molecule has 2 saturated heterocycles. The zero-order valence-corrected chi connectivity index (χ0v) is 28.8. The Bertz CT molecular complexity index is 1690. The second-order valence-corrected chi connectivity index (χ2v) is 14.5. The van der Waals surface area contributed by atoms with Gasteiger partial charge in [-0.05, 0) is 55.4 Å². The molecule has 4 amide bonds. The van der Waals surface area contributed by atoms with E-state index in [0.717, 1.165) is 0 Å². The SMILES string of the molecule is CCC(=O)N[C@@H](C(=O)N1CCN(C)CC1)[C@@H](C)c1ccc(NC(=O)[C@@]2(NC(=O)c3ccnn3CC)[Si][C@@]2(C)c2ccc(F)cc2)c(F)c1. The fraction of sp³-hybridized carbons (Fsp3) is 0.441. The first-order valence-electron chi connectivity index (χ1n) is 16.1. The van der Waals surface area contributed by atoms with E-state index in [0.29, 0.717) is 43.9 Å². The minimum absolute atomic E-state index is 0.110. The number of nitrogens with one attached hydrogen (secondary N) is 3. The Morgan fingerprint density at radius 1 is 1.00 bits per heavy atom. The third-order valence-electron chi connectivity index (χ3n) is 9.42. The minimum Gasteiger partial charge on any atom is -0.344 e. The van der Waals surface area contributed by atoms with Crippen molar-refractivity contribution in [1.82, 2.24) is 30.2 Å². The molecule has 0 saturated carbocycles. The van der Waals surface area contributed by atoms with Gasteiger partial charge in [0.05, 0.1) is 5.69 Å². The first-order valence-corrected chi connectivity index (χ1v) is 17.1. The van der Waals surface area contributed by atoms with Gasteiger partial charge in [-0.2, -0.15) is 5.10 Å². The van der Waals surface area contributed by atoms with Crippen molar-refractivity contribution in [2.24, 2.45) is 0 Å². The van der Waals surface area contributed by atoms with Gasteiger partial charge in [0.2, 0.25) is 17.7 Å². The molecule has 2 aliphatic rings. The van der Waals surface area contributed by atoms with Gasteiger partial charge in [0.15, 0.2) is 0 Å². The number of likely N-dealkylation sites (N-methyl/N-ethyl adjacent to an activating group) is 1. The summed E-state index contributed by atoms with van der Waals surface area (Å²) in [6.07, 6.45) is 1.68. The number of carbonyl (C=O) groups is 4. The largest absolute Gasteiger partial charge is 0.344 e. The van der Waals surface area contributed by atoms with Gasteiger partial charge in [-0.15, -0.1) is 0 Å². The van der Waals surface area contributed by atoms with Crippen molar-refractivity contribution >= 4 is 38.8 Å². The summed E-state index contributed by atoms with van der Waals surface area (Å²) in [7, 11) is 1.85. The van der Waals surface area contributed by atoms with Crippen LogP contribution in [-0.4, -0.2) is 97.2 Å². The number of halogens is 2. The van der Waals surface area contributed by atoms with Crippen LogP contribution in [0.3, 0.4) is 0 Å². The number of hydrogen-bond donors (Lipinski definition) is 3. The lowest BCUT2D eigenvalue weighted by atomic mass is 9.91. The molecule has 14 heteroatoms. The summed E-state index contributed by atoms with van der Waals surface area (Å²) in [5.41, 5.74) is 1.27. The maximum atomic E-state index is 15.8. The second kappa shape index (κ2) is 14.0. The molecule has 0 bridgehead atoms. The van der Waals surface area contributed by atoms with Crippen molar-refractivity contribution in [3.63, 3.8) is 0 Å². The Balaban J connectivity index is 1.39. The first-order chi connectivity index (χ1) is 22.8. The van der Waals surface area contributed by atoms with Crippen LogP contribution in [0.4, 0.5) is 14.5 Å². The van der Waals surface area contributed by atoms with E-state index < -0.39 is 45.6 Å². The van der Waals surface area contributed by atoms with E-state index in [4.69, 9.17) is 0 Å². The third-order valence-corrected chi connectivity index (χ3v) is 11.6. The molecule has 2 aliphatic heterocycles. The molecule has 254 valence electrons. The molecule has 2 aromatic carbocycles. The zero-order chi connectivity index (χ0) is 34.8. The lowest BCUT2D eigenvalue weighted by molar-refractivity contribution is -0.138. The van der Waals surface area contributed by atoms with Crippen LogP contribution in [0, 0.1) is 11.6 Å². The second-order valence-electron chi connectivity index (χ2n) is 12.5. The Morgan fingerprint density at radius 3 is 2.31 bits per heavy atom. The van der Waals surface area contributed by atoms with Crippen LogP contribution in [0.15, 0.2) is 54.7 Å². The van der Waals surface area contributed by atoms with E-state index >= 15 is 4.39 Å². The number of anilines is 1. The van der Waals surface area contributed by atoms with Crippen molar-refractivity contribution in [3.05, 3.63) is 83.2 Å². The van der Waals surface area contributed by atoms with E-state index in [1.165, 1.54) is 35.1 Å². The van der Waals surface area contributed by atoms with Gasteiger partial charge in [-0.1, -0.05) is 39.0 Å². The highest BCUT2D eigenvalue weighted by atomic mass is 28.2. The number of hydrogen-bond acceptors (Lipinski definition) is 6. The smallest absolute Gasteiger partial charge is 0.270 e. The van der Waals surface area contributed by atoms with Crippen LogP contribution in [0.2, 0.25) is 0 Å². The van der Waals surface area contributed by atoms with Gasteiger partial charge in [-0.25, -0.2) is 8.78 Å². The predicted molar refractivity (Wildman–Crippen MR) is 177 cm³/mol. The van der Waals surface area contributed by atoms with E-state index in [1.54, 1.807) is 49.9 Å². The normalized spacial score (nSPS) is 22.0. The summed E-state index contributed by atoms with van der Waals surface area (Å²) < 4.78 is 31.1. The quantitative estimate of drug-likeness (QED) is 0.268. The van der Waals surface area contributed by atoms with E-state index in [1.807, 2.05) is 14.0 Å². The summed E-state index contributed by atoms with van der Waals surface area (Å²) in [5, 5.41) is 10.2. The summed E-state index contributed by atoms with van der Waals surface area (Å²) in [6, 6.07) is 10.7. The number of nitrogens with zero attached hydrogens (tertiary/aromatic N) is 4. The number of aryl methyl sites for hydroxylation is 1. The zero-order valence-electron chi connectivity index (χ0n) is 27.8. The highest BCUT2D eigenvalue weighted by Crippen LogP contribution is 2.50. The van der Waals surface area contributed by atoms with Crippen LogP contribution in [0.25, 0.3) is 0 Å². The Hall–Kier alpha value is -4.43. The first kappa shape index (κ1) is 34.9. The molecular formula is C34H41F2N7O4Si. The number of carbonyl (C=O) groups excluding carboxylic acids is 4. The molecule has 0 spiro atoms. The van der Waals surface area contributed by atoms with Crippen molar-refractivity contribution in [1.29, 1.82) is 0 Å². The Labute approximate surface area is 281 Å². The van der Waals surface area contributed by atoms with Gasteiger partial charge >= 0.3 is 0 Å². The molecule has 2 radical (unpaired) electrons. The highest BCUT2D eigenvalue weighted by Gasteiger charge is 2.71. The van der Waals surface area contributed by atoms with Crippen LogP contribution in [0.5, 0.6) is 0 Å². The number of rotatable bonds is 11. The average Bonchev–Trinajstić information content (AvgIpc) is 3.41. The number of amides is 4. The van der Waals surface area contributed by atoms with Gasteiger partial charge in [-0.3, -0.25) is 23.9 Å². The predicted octanol–water partition coefficient (Wildman–Crippen LogP) is 2.65. The summed E-state index contributed by atoms with van der Waals surface area (Å²) in [6.45, 7) is 10.0. The molecule has 48 heavy (non-hydrogen) atoms. The molecule has 3 heterocycles. The molecule has 2 fully saturated rings. The standard InChI is InChI=1S/C34H41F2N7O4Si/c1-6-28(44)39-29(31(46)42-18-16-41(5)17-19-42)21(3)22-8-13-26(25(36)20-22)38-32(47)34(40-30(45)27-14-15-37-43(27)7-2)33(4,48-34)23-9-11-24(35)12-10-23/h8-15,20-21,29H,6-7,16-19H2,1-5H3,(H,38,47)(H,39,44)(H,40,45)/t21-,29+,33-,34+/m0/s1. The molecule has 4 atom stereocenters. The molecule has 0 unspecified atom stereocenters. The van der Waals surface area contributed by atoms with Gasteiger partial charge in [0, 0.05) is 56.3 Å². The Morgan fingerprint density at radius 2 is 1.69 bits per heavy atom. The summed E-state index contributed by atoms with van der Waals surface area (Å²) >= 11 is 0. The fourth-order valence-corrected chi connectivity index (χ4v) is 7.82. The summed E-state index contributed by atoms with van der Waals surface area (Å²) in [5.74, 6) is -3.41. The average molecular weight is 678 g/mol. The third kappa shape index (κ3) is 6.76. The fourth-order valence-electron chi connectivity index (χ4n) is 6.15. The molecular weight excluding hydrogens is 637 g/mol. The number of piperazine rings is 1. The lowest BCUT2D eigenvalue weighted by Gasteiger charge is -2.36. The molecule has 1 aromatic heterocycles. The van der Waals surface area contributed by atoms with Crippen molar-refractivity contribution in [2.75, 3.05) is 38.5 Å². The topological polar surface area (TPSA) is 129 Å². The molecule has 5 rings (SSSR count). The van der Waals surface area contributed by atoms with E-state index in [9.17, 15) is 23.6 Å². The van der Waals surface area contributed by atoms with E-state index in [-0.39, 0.29) is 39.1 Å².